The predicted octanol–water partition coefficient (Wildman–Crippen LogP) is 2.02. The lowest BCUT2D eigenvalue weighted by molar-refractivity contribution is 0.386. The van der Waals surface area contributed by atoms with Gasteiger partial charge in [-0.05, 0) is 28.1 Å². The molecule has 1 aliphatic rings. The van der Waals surface area contributed by atoms with Gasteiger partial charge in [-0.2, -0.15) is 5.10 Å². The molecule has 128 valence electrons. The van der Waals surface area contributed by atoms with Crippen molar-refractivity contribution in [2.24, 2.45) is 7.05 Å². The lowest BCUT2D eigenvalue weighted by Gasteiger charge is -2.37. The molecular weight excluding hydrogens is 379 g/mol. The Morgan fingerprint density at radius 1 is 1.21 bits per heavy atom. The van der Waals surface area contributed by atoms with Gasteiger partial charge in [-0.15, -0.1) is 0 Å². The van der Waals surface area contributed by atoms with E-state index in [4.69, 9.17) is 4.74 Å². The highest BCUT2D eigenvalue weighted by atomic mass is 79.9. The summed E-state index contributed by atoms with van der Waals surface area (Å²) in [7, 11) is 3.07. The molecule has 0 N–H and O–H groups in total. The van der Waals surface area contributed by atoms with Crippen LogP contribution in [0.25, 0.3) is 0 Å². The van der Waals surface area contributed by atoms with Gasteiger partial charge in [-0.3, -0.25) is 4.79 Å². The summed E-state index contributed by atoms with van der Waals surface area (Å²) in [5, 5.41) is 4.08. The van der Waals surface area contributed by atoms with Crippen LogP contribution in [0, 0.1) is 5.82 Å². The number of halogens is 2. The molecule has 3 rings (SSSR count). The fourth-order valence-corrected chi connectivity index (χ4v) is 3.39. The molecule has 0 saturated carbocycles. The van der Waals surface area contributed by atoms with Gasteiger partial charge in [-0.1, -0.05) is 0 Å². The van der Waals surface area contributed by atoms with Crippen molar-refractivity contribution < 1.29 is 9.13 Å². The first-order chi connectivity index (χ1) is 11.5. The Morgan fingerprint density at radius 2 is 1.88 bits per heavy atom. The minimum absolute atomic E-state index is 0.160. The number of aromatic nitrogens is 2. The Hall–Kier alpha value is -2.09. The molecule has 0 aliphatic carbocycles. The number of ether oxygens (including phenoxy) is 1. The van der Waals surface area contributed by atoms with E-state index in [1.807, 2.05) is 6.07 Å². The summed E-state index contributed by atoms with van der Waals surface area (Å²) in [5.41, 5.74) is 1.46. The van der Waals surface area contributed by atoms with Crippen LogP contribution in [0.4, 0.5) is 15.8 Å². The Balaban J connectivity index is 1.73. The first kappa shape index (κ1) is 16.8. The van der Waals surface area contributed by atoms with Crippen LogP contribution in [0.3, 0.4) is 0 Å². The summed E-state index contributed by atoms with van der Waals surface area (Å²) in [5.74, 6) is -0.122. The van der Waals surface area contributed by atoms with Crippen molar-refractivity contribution >= 4 is 27.3 Å². The molecule has 1 aliphatic heterocycles. The highest BCUT2D eigenvalue weighted by Gasteiger charge is 2.21. The number of nitrogens with zero attached hydrogens (tertiary/aromatic N) is 4. The second-order valence-corrected chi connectivity index (χ2v) is 6.36. The van der Waals surface area contributed by atoms with Crippen molar-refractivity contribution in [1.29, 1.82) is 0 Å². The average Bonchev–Trinajstić information content (AvgIpc) is 2.60. The fraction of sp³-hybridized carbons (Fsp3) is 0.375. The molecule has 1 aromatic heterocycles. The van der Waals surface area contributed by atoms with Crippen molar-refractivity contribution in [3.8, 4) is 5.75 Å². The first-order valence-corrected chi connectivity index (χ1v) is 8.36. The van der Waals surface area contributed by atoms with E-state index in [1.165, 1.54) is 17.9 Å². The van der Waals surface area contributed by atoms with Crippen LogP contribution in [0.1, 0.15) is 0 Å². The molecule has 0 atom stereocenters. The van der Waals surface area contributed by atoms with E-state index < -0.39 is 0 Å². The summed E-state index contributed by atoms with van der Waals surface area (Å²) in [6.07, 6.45) is 1.69. The van der Waals surface area contributed by atoms with E-state index in [9.17, 15) is 9.18 Å². The average molecular weight is 397 g/mol. The molecule has 8 heteroatoms. The molecule has 24 heavy (non-hydrogen) atoms. The normalized spacial score (nSPS) is 14.8. The summed E-state index contributed by atoms with van der Waals surface area (Å²) < 4.78 is 20.6. The van der Waals surface area contributed by atoms with Crippen molar-refractivity contribution in [2.45, 2.75) is 0 Å². The highest BCUT2D eigenvalue weighted by Crippen LogP contribution is 2.27. The molecule has 0 amide bonds. The fourth-order valence-electron chi connectivity index (χ4n) is 2.78. The molecule has 1 fully saturated rings. The number of methoxy groups -OCH3 is 1. The van der Waals surface area contributed by atoms with Gasteiger partial charge in [0.15, 0.2) is 11.6 Å². The van der Waals surface area contributed by atoms with Crippen LogP contribution in [0.15, 0.2) is 33.7 Å². The monoisotopic (exact) mass is 396 g/mol. The van der Waals surface area contributed by atoms with E-state index in [-0.39, 0.29) is 17.1 Å². The van der Waals surface area contributed by atoms with E-state index in [1.54, 1.807) is 19.3 Å². The highest BCUT2D eigenvalue weighted by molar-refractivity contribution is 9.10. The molecule has 0 unspecified atom stereocenters. The third-order valence-corrected chi connectivity index (χ3v) is 4.93. The lowest BCUT2D eigenvalue weighted by Crippen LogP contribution is -2.47. The quantitative estimate of drug-likeness (QED) is 0.794. The van der Waals surface area contributed by atoms with Gasteiger partial charge in [0.25, 0.3) is 5.56 Å². The molecule has 0 bridgehead atoms. The second-order valence-electron chi connectivity index (χ2n) is 5.57. The van der Waals surface area contributed by atoms with E-state index >= 15 is 0 Å². The van der Waals surface area contributed by atoms with Crippen LogP contribution in [0.5, 0.6) is 5.75 Å². The molecule has 2 heterocycles. The topological polar surface area (TPSA) is 50.6 Å². The Bertz CT molecular complexity index is 803. The summed E-state index contributed by atoms with van der Waals surface area (Å²) in [6, 6.07) is 4.98. The van der Waals surface area contributed by atoms with Crippen molar-refractivity contribution in [1.82, 2.24) is 9.78 Å². The summed E-state index contributed by atoms with van der Waals surface area (Å²) in [6.45, 7) is 2.91. The van der Waals surface area contributed by atoms with Crippen LogP contribution in [0.2, 0.25) is 0 Å². The van der Waals surface area contributed by atoms with E-state index in [0.29, 0.717) is 4.47 Å². The van der Waals surface area contributed by atoms with Crippen molar-refractivity contribution in [2.75, 3.05) is 43.1 Å². The zero-order valence-electron chi connectivity index (χ0n) is 13.5. The molecular formula is C16H18BrFN4O2. The van der Waals surface area contributed by atoms with Crippen LogP contribution >= 0.6 is 15.9 Å². The summed E-state index contributed by atoms with van der Waals surface area (Å²) >= 11 is 3.36. The number of aryl methyl sites for hydroxylation is 1. The maximum atomic E-state index is 13.9. The minimum atomic E-state index is -0.365. The summed E-state index contributed by atoms with van der Waals surface area (Å²) in [4.78, 5) is 16.2. The number of rotatable bonds is 3. The number of piperazine rings is 1. The Labute approximate surface area is 147 Å². The van der Waals surface area contributed by atoms with Crippen LogP contribution in [-0.2, 0) is 7.05 Å². The lowest BCUT2D eigenvalue weighted by atomic mass is 10.2. The van der Waals surface area contributed by atoms with E-state index in [0.717, 1.165) is 37.6 Å². The second kappa shape index (κ2) is 6.80. The SMILES string of the molecule is COc1ccc(N2CCN(c3cnn(C)c(=O)c3Br)CC2)cc1F. The van der Waals surface area contributed by atoms with Gasteiger partial charge >= 0.3 is 0 Å². The number of benzene rings is 1. The smallest absolute Gasteiger partial charge is 0.282 e. The minimum Gasteiger partial charge on any atom is -0.494 e. The molecule has 6 nitrogen and oxygen atoms in total. The van der Waals surface area contributed by atoms with E-state index in [2.05, 4.69) is 30.8 Å². The molecule has 1 aromatic carbocycles. The zero-order valence-corrected chi connectivity index (χ0v) is 15.1. The van der Waals surface area contributed by atoms with Crippen LogP contribution < -0.4 is 20.1 Å². The number of anilines is 2. The van der Waals surface area contributed by atoms with Crippen molar-refractivity contribution in [3.63, 3.8) is 0 Å². The van der Waals surface area contributed by atoms with Crippen molar-refractivity contribution in [3.05, 3.63) is 45.0 Å². The third kappa shape index (κ3) is 3.10. The largest absolute Gasteiger partial charge is 0.494 e. The number of hydrogen-bond acceptors (Lipinski definition) is 5. The molecule has 2 aromatic rings. The maximum absolute atomic E-state index is 13.9. The Morgan fingerprint density at radius 3 is 2.50 bits per heavy atom. The van der Waals surface area contributed by atoms with Gasteiger partial charge in [-0.25, -0.2) is 9.07 Å². The zero-order chi connectivity index (χ0) is 17.3. The van der Waals surface area contributed by atoms with Gasteiger partial charge in [0.2, 0.25) is 0 Å². The first-order valence-electron chi connectivity index (χ1n) is 7.56. The van der Waals surface area contributed by atoms with Crippen LogP contribution in [-0.4, -0.2) is 43.1 Å². The maximum Gasteiger partial charge on any atom is 0.282 e. The van der Waals surface area contributed by atoms with Gasteiger partial charge < -0.3 is 14.5 Å². The van der Waals surface area contributed by atoms with Gasteiger partial charge in [0, 0.05) is 45.0 Å². The van der Waals surface area contributed by atoms with Gasteiger partial charge in [0.1, 0.15) is 4.47 Å². The third-order valence-electron chi connectivity index (χ3n) is 4.18. The molecule has 0 spiro atoms. The molecule has 0 radical (unpaired) electrons. The molecule has 1 saturated heterocycles. The predicted molar refractivity (Wildman–Crippen MR) is 94.6 cm³/mol. The standard InChI is InChI=1S/C16H18BrFN4O2/c1-20-16(23)15(17)13(10-19-20)22-7-5-21(6-8-22)11-3-4-14(24-2)12(18)9-11/h3-4,9-10H,5-8H2,1-2H3. The number of hydrogen-bond donors (Lipinski definition) is 0. The van der Waals surface area contributed by atoms with Gasteiger partial charge in [0.05, 0.1) is 19.0 Å². The Kier molecular flexibility index (Phi) is 4.75.